The molecule has 0 saturated carbocycles. The Labute approximate surface area is 131 Å². The average molecular weight is 303 g/mol. The Morgan fingerprint density at radius 2 is 1.71 bits per heavy atom. The van der Waals surface area contributed by atoms with E-state index in [1.54, 1.807) is 5.57 Å². The third-order valence-corrected chi connectivity index (χ3v) is 9.53. The summed E-state index contributed by atoms with van der Waals surface area (Å²) in [6.45, 7) is 13.7. The van der Waals surface area contributed by atoms with Gasteiger partial charge in [0, 0.05) is 0 Å². The molecular weight excluding hydrogens is 272 g/mol. The highest BCUT2D eigenvalue weighted by atomic mass is 28.4. The number of hydrogen-bond donors (Lipinski definition) is 0. The highest BCUT2D eigenvalue weighted by molar-refractivity contribution is 6.74. The molecule has 0 N–H and O–H groups in total. The summed E-state index contributed by atoms with van der Waals surface area (Å²) in [6.07, 6.45) is 6.11. The van der Waals surface area contributed by atoms with E-state index in [2.05, 4.69) is 71.1 Å². The first-order chi connectivity index (χ1) is 9.69. The van der Waals surface area contributed by atoms with E-state index >= 15 is 0 Å². The van der Waals surface area contributed by atoms with Crippen LogP contribution in [0.2, 0.25) is 18.1 Å². The molecule has 0 fully saturated rings. The summed E-state index contributed by atoms with van der Waals surface area (Å²) in [5, 5.41) is 0.247. The van der Waals surface area contributed by atoms with Crippen molar-refractivity contribution < 1.29 is 4.43 Å². The predicted octanol–water partition coefficient (Wildman–Crippen LogP) is 6.28. The lowest BCUT2D eigenvalue weighted by molar-refractivity contribution is 0.491. The zero-order valence-electron chi connectivity index (χ0n) is 14.5. The lowest BCUT2D eigenvalue weighted by atomic mass is 9.85. The maximum absolute atomic E-state index is 6.35. The van der Waals surface area contributed by atoms with Gasteiger partial charge in [-0.3, -0.25) is 0 Å². The van der Waals surface area contributed by atoms with E-state index < -0.39 is 8.32 Å². The summed E-state index contributed by atoms with van der Waals surface area (Å²) in [5.41, 5.74) is 3.01. The van der Waals surface area contributed by atoms with Crippen LogP contribution in [-0.2, 0) is 0 Å². The molecule has 0 amide bonds. The molecule has 21 heavy (non-hydrogen) atoms. The van der Waals surface area contributed by atoms with E-state index in [-0.39, 0.29) is 5.04 Å². The van der Waals surface area contributed by atoms with Crippen LogP contribution in [-0.4, -0.2) is 8.32 Å². The zero-order chi connectivity index (χ0) is 15.7. The van der Waals surface area contributed by atoms with Crippen molar-refractivity contribution in [2.75, 3.05) is 0 Å². The molecule has 116 valence electrons. The molecule has 0 aromatic heterocycles. The van der Waals surface area contributed by atoms with Crippen LogP contribution in [0.4, 0.5) is 0 Å². The van der Waals surface area contributed by atoms with Crippen molar-refractivity contribution in [3.8, 4) is 5.75 Å². The minimum atomic E-state index is -1.72. The van der Waals surface area contributed by atoms with Gasteiger partial charge in [0.2, 0.25) is 8.32 Å². The maximum Gasteiger partial charge on any atom is 0.250 e. The quantitative estimate of drug-likeness (QED) is 0.471. The van der Waals surface area contributed by atoms with Crippen LogP contribution in [0.3, 0.4) is 0 Å². The van der Waals surface area contributed by atoms with Crippen LogP contribution in [0.15, 0.2) is 35.9 Å². The van der Waals surface area contributed by atoms with Crippen molar-refractivity contribution in [1.82, 2.24) is 0 Å². The van der Waals surface area contributed by atoms with Crippen LogP contribution in [0.1, 0.15) is 58.4 Å². The van der Waals surface area contributed by atoms with Crippen LogP contribution < -0.4 is 4.43 Å². The topological polar surface area (TPSA) is 9.23 Å². The fourth-order valence-electron chi connectivity index (χ4n) is 2.52. The van der Waals surface area contributed by atoms with Gasteiger partial charge in [-0.25, -0.2) is 0 Å². The smallest absolute Gasteiger partial charge is 0.250 e. The summed E-state index contributed by atoms with van der Waals surface area (Å²) in [5.74, 6) is 1.73. The molecule has 0 heterocycles. The van der Waals surface area contributed by atoms with Crippen molar-refractivity contribution in [3.05, 3.63) is 41.5 Å². The fraction of sp³-hybridized carbons (Fsp3) is 0.579. The summed E-state index contributed by atoms with van der Waals surface area (Å²) < 4.78 is 6.35. The van der Waals surface area contributed by atoms with E-state index in [1.165, 1.54) is 24.8 Å². The Bertz CT molecular complexity index is 505. The molecule has 0 saturated heterocycles. The first-order valence-corrected chi connectivity index (χ1v) is 11.0. The number of hydrogen-bond acceptors (Lipinski definition) is 1. The van der Waals surface area contributed by atoms with E-state index in [0.717, 1.165) is 5.75 Å². The molecule has 1 aromatic carbocycles. The average Bonchev–Trinajstić information content (AvgIpc) is 2.39. The van der Waals surface area contributed by atoms with Gasteiger partial charge >= 0.3 is 0 Å². The predicted molar refractivity (Wildman–Crippen MR) is 94.6 cm³/mol. The van der Waals surface area contributed by atoms with Crippen LogP contribution in [0, 0.1) is 0 Å². The van der Waals surface area contributed by atoms with Crippen LogP contribution in [0.5, 0.6) is 5.75 Å². The first-order valence-electron chi connectivity index (χ1n) is 8.14. The monoisotopic (exact) mass is 302 g/mol. The van der Waals surface area contributed by atoms with E-state index in [1.807, 2.05) is 0 Å². The highest BCUT2D eigenvalue weighted by Gasteiger charge is 2.38. The largest absolute Gasteiger partial charge is 0.544 e. The third-order valence-electron chi connectivity index (χ3n) is 5.17. The van der Waals surface area contributed by atoms with Crippen molar-refractivity contribution in [3.63, 3.8) is 0 Å². The Balaban J connectivity index is 2.06. The van der Waals surface area contributed by atoms with Crippen molar-refractivity contribution in [1.29, 1.82) is 0 Å². The molecule has 2 rings (SSSR count). The van der Waals surface area contributed by atoms with Crippen molar-refractivity contribution >= 4 is 8.32 Å². The molecular formula is C19H30OSi. The normalized spacial score (nSPS) is 20.1. The number of allylic oxidation sites excluding steroid dienone is 2. The molecule has 2 heteroatoms. The molecule has 0 bridgehead atoms. The van der Waals surface area contributed by atoms with Gasteiger partial charge in [-0.1, -0.05) is 44.6 Å². The summed E-state index contributed by atoms with van der Waals surface area (Å²) in [4.78, 5) is 0. The van der Waals surface area contributed by atoms with E-state index in [9.17, 15) is 0 Å². The maximum atomic E-state index is 6.35. The second-order valence-electron chi connectivity index (χ2n) is 7.95. The Morgan fingerprint density at radius 1 is 1.10 bits per heavy atom. The lowest BCUT2D eigenvalue weighted by Gasteiger charge is -2.36. The summed E-state index contributed by atoms with van der Waals surface area (Å²) >= 11 is 0. The van der Waals surface area contributed by atoms with Gasteiger partial charge in [-0.15, -0.1) is 0 Å². The third kappa shape index (κ3) is 4.00. The second-order valence-corrected chi connectivity index (χ2v) is 12.7. The standard InChI is InChI=1S/C19H30OSi/c1-15-7-9-16(10-8-15)17-11-13-18(14-12-17)20-21(5,6)19(2,3)4/h7,11-14,16H,8-10H2,1-6H3/t16-/m0/s1. The Morgan fingerprint density at radius 3 is 2.19 bits per heavy atom. The lowest BCUT2D eigenvalue weighted by Crippen LogP contribution is -2.43. The Hall–Kier alpha value is -1.02. The van der Waals surface area contributed by atoms with Gasteiger partial charge in [-0.05, 0) is 67.9 Å². The summed E-state index contributed by atoms with van der Waals surface area (Å²) in [7, 11) is -1.72. The van der Waals surface area contributed by atoms with E-state index in [4.69, 9.17) is 4.43 Å². The molecule has 1 aliphatic carbocycles. The fourth-order valence-corrected chi connectivity index (χ4v) is 3.56. The van der Waals surface area contributed by atoms with Crippen molar-refractivity contribution in [2.45, 2.75) is 71.0 Å². The van der Waals surface area contributed by atoms with Gasteiger partial charge < -0.3 is 4.43 Å². The molecule has 0 spiro atoms. The van der Waals surface area contributed by atoms with Gasteiger partial charge in [-0.2, -0.15) is 0 Å². The first kappa shape index (κ1) is 16.3. The number of benzene rings is 1. The van der Waals surface area contributed by atoms with Gasteiger partial charge in [0.25, 0.3) is 0 Å². The van der Waals surface area contributed by atoms with Crippen LogP contribution >= 0.6 is 0 Å². The molecule has 1 nitrogen and oxygen atoms in total. The molecule has 0 unspecified atom stereocenters. The molecule has 0 radical (unpaired) electrons. The minimum Gasteiger partial charge on any atom is -0.544 e. The SMILES string of the molecule is CC1=CC[C@H](c2ccc(O[Si](C)(C)C(C)(C)C)cc2)CC1. The van der Waals surface area contributed by atoms with Crippen LogP contribution in [0.25, 0.3) is 0 Å². The Kier molecular flexibility index (Phi) is 4.67. The molecule has 0 aliphatic heterocycles. The van der Waals surface area contributed by atoms with Gasteiger partial charge in [0.05, 0.1) is 0 Å². The minimum absolute atomic E-state index is 0.247. The van der Waals surface area contributed by atoms with Gasteiger partial charge in [0.15, 0.2) is 0 Å². The second kappa shape index (κ2) is 6.00. The highest BCUT2D eigenvalue weighted by Crippen LogP contribution is 2.38. The van der Waals surface area contributed by atoms with E-state index in [0.29, 0.717) is 5.92 Å². The number of rotatable bonds is 3. The molecule has 1 atom stereocenters. The zero-order valence-corrected chi connectivity index (χ0v) is 15.5. The molecule has 1 aromatic rings. The summed E-state index contributed by atoms with van der Waals surface area (Å²) in [6, 6.07) is 8.87. The molecule has 1 aliphatic rings. The van der Waals surface area contributed by atoms with Gasteiger partial charge in [0.1, 0.15) is 5.75 Å². The van der Waals surface area contributed by atoms with Crippen molar-refractivity contribution in [2.24, 2.45) is 0 Å².